The van der Waals surface area contributed by atoms with Gasteiger partial charge < -0.3 is 15.6 Å². The minimum Gasteiger partial charge on any atom is -0.342 e. The molecule has 2 aromatic rings. The first-order valence-corrected chi connectivity index (χ1v) is 6.44. The van der Waals surface area contributed by atoms with Crippen LogP contribution in [0.15, 0.2) is 18.2 Å². The van der Waals surface area contributed by atoms with Crippen LogP contribution in [0.3, 0.4) is 0 Å². The quantitative estimate of drug-likeness (QED) is 0.849. The van der Waals surface area contributed by atoms with Crippen LogP contribution in [0.2, 0.25) is 0 Å². The molecule has 98 valence electrons. The number of imidazole rings is 1. The molecule has 4 nitrogen and oxygen atoms in total. The van der Waals surface area contributed by atoms with E-state index in [0.717, 1.165) is 36.4 Å². The van der Waals surface area contributed by atoms with E-state index >= 15 is 0 Å². The van der Waals surface area contributed by atoms with Crippen LogP contribution in [0.4, 0.5) is 0 Å². The van der Waals surface area contributed by atoms with E-state index in [2.05, 4.69) is 40.1 Å². The third kappa shape index (κ3) is 3.31. The van der Waals surface area contributed by atoms with Crippen molar-refractivity contribution in [3.05, 3.63) is 29.6 Å². The predicted molar refractivity (Wildman–Crippen MR) is 75.4 cm³/mol. The van der Waals surface area contributed by atoms with E-state index in [1.807, 2.05) is 13.8 Å². The number of nitrogens with zero attached hydrogens (tertiary/aromatic N) is 2. The van der Waals surface area contributed by atoms with Crippen molar-refractivity contribution in [2.24, 2.45) is 5.73 Å². The number of aryl methyl sites for hydroxylation is 1. The average molecular weight is 246 g/mol. The lowest BCUT2D eigenvalue weighted by molar-refractivity contribution is 0.313. The number of benzene rings is 1. The summed E-state index contributed by atoms with van der Waals surface area (Å²) in [6.07, 6.45) is 1.03. The molecule has 3 N–H and O–H groups in total. The second-order valence-electron chi connectivity index (χ2n) is 5.18. The summed E-state index contributed by atoms with van der Waals surface area (Å²) >= 11 is 0. The van der Waals surface area contributed by atoms with Gasteiger partial charge in [0.05, 0.1) is 11.0 Å². The van der Waals surface area contributed by atoms with E-state index in [1.165, 1.54) is 5.56 Å². The largest absolute Gasteiger partial charge is 0.342 e. The van der Waals surface area contributed by atoms with E-state index in [1.54, 1.807) is 0 Å². The Labute approximate surface area is 108 Å². The van der Waals surface area contributed by atoms with E-state index in [-0.39, 0.29) is 6.04 Å². The lowest BCUT2D eigenvalue weighted by atomic mass is 10.2. The highest BCUT2D eigenvalue weighted by atomic mass is 15.1. The molecule has 0 fully saturated rings. The number of hydrogen-bond acceptors (Lipinski definition) is 3. The summed E-state index contributed by atoms with van der Waals surface area (Å²) in [5, 5.41) is 0. The van der Waals surface area contributed by atoms with E-state index in [4.69, 9.17) is 5.73 Å². The van der Waals surface area contributed by atoms with Gasteiger partial charge in [-0.3, -0.25) is 0 Å². The zero-order chi connectivity index (χ0) is 13.1. The standard InChI is InChI=1S/C14H22N4/c1-10(15)6-7-18(3)9-12-4-5-13-14(8-12)17-11(2)16-13/h4-5,8,10H,6-7,9,15H2,1-3H3,(H,16,17). The summed E-state index contributed by atoms with van der Waals surface area (Å²) in [6, 6.07) is 6.67. The van der Waals surface area contributed by atoms with Crippen LogP contribution in [0, 0.1) is 6.92 Å². The first kappa shape index (κ1) is 13.1. The summed E-state index contributed by atoms with van der Waals surface area (Å²) < 4.78 is 0. The van der Waals surface area contributed by atoms with Gasteiger partial charge >= 0.3 is 0 Å². The smallest absolute Gasteiger partial charge is 0.104 e. The van der Waals surface area contributed by atoms with Crippen molar-refractivity contribution < 1.29 is 0 Å². The van der Waals surface area contributed by atoms with Crippen LogP contribution in [0.1, 0.15) is 24.7 Å². The van der Waals surface area contributed by atoms with Crippen LogP contribution < -0.4 is 5.73 Å². The number of nitrogens with one attached hydrogen (secondary N) is 1. The summed E-state index contributed by atoms with van der Waals surface area (Å²) in [6.45, 7) is 6.00. The Morgan fingerprint density at radius 2 is 2.22 bits per heavy atom. The van der Waals surface area contributed by atoms with Gasteiger partial charge in [-0.15, -0.1) is 0 Å². The third-order valence-corrected chi connectivity index (χ3v) is 3.08. The highest BCUT2D eigenvalue weighted by Gasteiger charge is 2.04. The van der Waals surface area contributed by atoms with Crippen molar-refractivity contribution in [3.8, 4) is 0 Å². The van der Waals surface area contributed by atoms with Gasteiger partial charge in [-0.1, -0.05) is 6.07 Å². The summed E-state index contributed by atoms with van der Waals surface area (Å²) in [5.41, 5.74) is 9.23. The molecule has 1 aromatic carbocycles. The van der Waals surface area contributed by atoms with Crippen LogP contribution in [0.5, 0.6) is 0 Å². The van der Waals surface area contributed by atoms with Gasteiger partial charge in [-0.25, -0.2) is 4.98 Å². The molecule has 0 amide bonds. The SMILES string of the molecule is Cc1nc2ccc(CN(C)CCC(C)N)cc2[nH]1. The fourth-order valence-electron chi connectivity index (χ4n) is 2.10. The Morgan fingerprint density at radius 1 is 1.44 bits per heavy atom. The maximum atomic E-state index is 5.77. The molecule has 1 unspecified atom stereocenters. The van der Waals surface area contributed by atoms with Crippen LogP contribution >= 0.6 is 0 Å². The molecule has 1 aromatic heterocycles. The maximum absolute atomic E-state index is 5.77. The highest BCUT2D eigenvalue weighted by Crippen LogP contribution is 2.14. The van der Waals surface area contributed by atoms with Gasteiger partial charge in [0.15, 0.2) is 0 Å². The number of hydrogen-bond donors (Lipinski definition) is 2. The Balaban J connectivity index is 2.02. The molecule has 0 aliphatic carbocycles. The molecule has 0 spiro atoms. The zero-order valence-corrected chi connectivity index (χ0v) is 11.4. The second-order valence-corrected chi connectivity index (χ2v) is 5.18. The molecule has 1 heterocycles. The molecule has 18 heavy (non-hydrogen) atoms. The van der Waals surface area contributed by atoms with Gasteiger partial charge in [0.2, 0.25) is 0 Å². The van der Waals surface area contributed by atoms with Crippen LogP contribution in [-0.2, 0) is 6.54 Å². The number of nitrogens with two attached hydrogens (primary N) is 1. The summed E-state index contributed by atoms with van der Waals surface area (Å²) in [5.74, 6) is 0.965. The van der Waals surface area contributed by atoms with Crippen molar-refractivity contribution in [2.45, 2.75) is 32.9 Å². The number of fused-ring (bicyclic) bond motifs is 1. The minimum absolute atomic E-state index is 0.269. The number of aromatic amines is 1. The number of aromatic nitrogens is 2. The zero-order valence-electron chi connectivity index (χ0n) is 11.4. The molecule has 2 rings (SSSR count). The normalized spacial score (nSPS) is 13.4. The van der Waals surface area contributed by atoms with Crippen molar-refractivity contribution in [1.29, 1.82) is 0 Å². The van der Waals surface area contributed by atoms with Crippen molar-refractivity contribution >= 4 is 11.0 Å². The fourth-order valence-corrected chi connectivity index (χ4v) is 2.10. The molecule has 0 radical (unpaired) electrons. The van der Waals surface area contributed by atoms with Gasteiger partial charge in [0.25, 0.3) is 0 Å². The Bertz CT molecular complexity index is 515. The van der Waals surface area contributed by atoms with Gasteiger partial charge in [0, 0.05) is 12.6 Å². The summed E-state index contributed by atoms with van der Waals surface area (Å²) in [7, 11) is 2.13. The topological polar surface area (TPSA) is 57.9 Å². The molecular weight excluding hydrogens is 224 g/mol. The molecule has 4 heteroatoms. The van der Waals surface area contributed by atoms with Gasteiger partial charge in [-0.2, -0.15) is 0 Å². The monoisotopic (exact) mass is 246 g/mol. The number of H-pyrrole nitrogens is 1. The molecule has 1 atom stereocenters. The molecular formula is C14H22N4. The Morgan fingerprint density at radius 3 is 2.94 bits per heavy atom. The van der Waals surface area contributed by atoms with E-state index in [0.29, 0.717) is 0 Å². The van der Waals surface area contributed by atoms with Crippen LogP contribution in [0.25, 0.3) is 11.0 Å². The average Bonchev–Trinajstić information content (AvgIpc) is 2.66. The highest BCUT2D eigenvalue weighted by molar-refractivity contribution is 5.75. The molecule has 0 saturated heterocycles. The molecule has 0 aliphatic rings. The first-order chi connectivity index (χ1) is 8.54. The fraction of sp³-hybridized carbons (Fsp3) is 0.500. The lowest BCUT2D eigenvalue weighted by Crippen LogP contribution is -2.25. The number of rotatable bonds is 5. The lowest BCUT2D eigenvalue weighted by Gasteiger charge is -2.17. The van der Waals surface area contributed by atoms with Gasteiger partial charge in [0.1, 0.15) is 5.82 Å². The summed E-state index contributed by atoms with van der Waals surface area (Å²) in [4.78, 5) is 9.98. The molecule has 0 bridgehead atoms. The van der Waals surface area contributed by atoms with E-state index in [9.17, 15) is 0 Å². The van der Waals surface area contributed by atoms with Gasteiger partial charge in [-0.05, 0) is 51.6 Å². The van der Waals surface area contributed by atoms with Crippen molar-refractivity contribution in [1.82, 2.24) is 14.9 Å². The first-order valence-electron chi connectivity index (χ1n) is 6.44. The second kappa shape index (κ2) is 5.50. The van der Waals surface area contributed by atoms with Crippen LogP contribution in [-0.4, -0.2) is 34.5 Å². The maximum Gasteiger partial charge on any atom is 0.104 e. The predicted octanol–water partition coefficient (Wildman–Crippen LogP) is 2.04. The molecule has 0 aliphatic heterocycles. The minimum atomic E-state index is 0.269. The molecule has 0 saturated carbocycles. The third-order valence-electron chi connectivity index (χ3n) is 3.08. The van der Waals surface area contributed by atoms with E-state index < -0.39 is 0 Å². The van der Waals surface area contributed by atoms with Crippen molar-refractivity contribution in [3.63, 3.8) is 0 Å². The van der Waals surface area contributed by atoms with Crippen molar-refractivity contribution in [2.75, 3.05) is 13.6 Å². The Kier molecular flexibility index (Phi) is 3.99. The Hall–Kier alpha value is -1.39.